The number of aromatic nitrogens is 1. The molecule has 1 atom stereocenters. The van der Waals surface area contributed by atoms with Gasteiger partial charge in [0, 0.05) is 28.5 Å². The van der Waals surface area contributed by atoms with Crippen molar-refractivity contribution in [2.75, 3.05) is 11.9 Å². The normalized spacial score (nSPS) is 15.6. The van der Waals surface area contributed by atoms with Crippen LogP contribution in [0.15, 0.2) is 97.1 Å². The van der Waals surface area contributed by atoms with Gasteiger partial charge in [0.2, 0.25) is 0 Å². The lowest BCUT2D eigenvalue weighted by atomic mass is 9.92. The number of fused-ring (bicyclic) bond motifs is 4. The fraction of sp³-hybridized carbons (Fsp3) is 0.107. The summed E-state index contributed by atoms with van der Waals surface area (Å²) < 4.78 is 0. The van der Waals surface area contributed by atoms with E-state index >= 15 is 0 Å². The number of H-pyrrole nitrogens is 1. The van der Waals surface area contributed by atoms with Crippen molar-refractivity contribution in [3.63, 3.8) is 0 Å². The number of urea groups is 1. The van der Waals surface area contributed by atoms with E-state index in [1.165, 1.54) is 10.9 Å². The van der Waals surface area contributed by atoms with E-state index in [2.05, 4.69) is 52.8 Å². The average Bonchev–Trinajstić information content (AvgIpc) is 3.23. The lowest BCUT2D eigenvalue weighted by Gasteiger charge is -2.36. The minimum absolute atomic E-state index is 0.0838. The maximum atomic E-state index is 13.6. The molecule has 4 heteroatoms. The summed E-state index contributed by atoms with van der Waals surface area (Å²) in [6.07, 6.45) is 0.825. The van der Waals surface area contributed by atoms with Crippen LogP contribution in [0.25, 0.3) is 21.7 Å². The van der Waals surface area contributed by atoms with E-state index in [0.717, 1.165) is 39.7 Å². The fourth-order valence-corrected chi connectivity index (χ4v) is 4.96. The van der Waals surface area contributed by atoms with Gasteiger partial charge in [-0.25, -0.2) is 4.79 Å². The first-order valence-corrected chi connectivity index (χ1v) is 11.0. The Hall–Kier alpha value is -4.05. The van der Waals surface area contributed by atoms with Crippen molar-refractivity contribution in [2.45, 2.75) is 12.5 Å². The highest BCUT2D eigenvalue weighted by Gasteiger charge is 2.34. The van der Waals surface area contributed by atoms with Gasteiger partial charge in [0.15, 0.2) is 0 Å². The number of amides is 2. The number of para-hydroxylation sites is 1. The maximum Gasteiger partial charge on any atom is 0.322 e. The molecule has 156 valence electrons. The molecule has 32 heavy (non-hydrogen) atoms. The molecule has 6 rings (SSSR count). The topological polar surface area (TPSA) is 48.1 Å². The minimum atomic E-state index is -0.165. The molecule has 0 saturated heterocycles. The van der Waals surface area contributed by atoms with Crippen molar-refractivity contribution in [3.8, 4) is 0 Å². The number of hydrogen-bond donors (Lipinski definition) is 2. The predicted octanol–water partition coefficient (Wildman–Crippen LogP) is 6.50. The molecular weight excluding hydrogens is 394 g/mol. The van der Waals surface area contributed by atoms with E-state index in [0.29, 0.717) is 6.54 Å². The van der Waals surface area contributed by atoms with Crippen LogP contribution in [0.5, 0.6) is 0 Å². The summed E-state index contributed by atoms with van der Waals surface area (Å²) >= 11 is 0. The number of carbonyl (C=O) groups is 1. The van der Waals surface area contributed by atoms with E-state index in [4.69, 9.17) is 0 Å². The standard InChI is InChI=1S/C28H23N3O/c32-28(30-24-16-8-12-19-9-4-5-13-21(19)24)31-18-17-23-22-14-6-7-15-25(22)29-26(23)27(31)20-10-2-1-3-11-20/h1-16,27,29H,17-18H2,(H,30,32). The minimum Gasteiger partial charge on any atom is -0.356 e. The summed E-state index contributed by atoms with van der Waals surface area (Å²) in [5.74, 6) is 0. The van der Waals surface area contributed by atoms with Crippen molar-refractivity contribution < 1.29 is 4.79 Å². The Morgan fingerprint density at radius 2 is 1.53 bits per heavy atom. The zero-order chi connectivity index (χ0) is 21.5. The summed E-state index contributed by atoms with van der Waals surface area (Å²) in [6, 6.07) is 32.6. The molecule has 0 saturated carbocycles. The van der Waals surface area contributed by atoms with Crippen molar-refractivity contribution >= 4 is 33.4 Å². The first-order chi connectivity index (χ1) is 15.8. The van der Waals surface area contributed by atoms with Gasteiger partial charge < -0.3 is 15.2 Å². The zero-order valence-corrected chi connectivity index (χ0v) is 17.6. The SMILES string of the molecule is O=C(Nc1cccc2ccccc12)N1CCc2c([nH]c3ccccc23)C1c1ccccc1. The van der Waals surface area contributed by atoms with Gasteiger partial charge >= 0.3 is 6.03 Å². The zero-order valence-electron chi connectivity index (χ0n) is 17.6. The largest absolute Gasteiger partial charge is 0.356 e. The second-order valence-electron chi connectivity index (χ2n) is 8.28. The average molecular weight is 418 g/mol. The van der Waals surface area contributed by atoms with Crippen LogP contribution < -0.4 is 5.32 Å². The molecule has 0 fully saturated rings. The molecule has 5 aromatic rings. The molecule has 2 heterocycles. The van der Waals surface area contributed by atoms with Crippen molar-refractivity contribution in [1.29, 1.82) is 0 Å². The van der Waals surface area contributed by atoms with Crippen LogP contribution in [0.3, 0.4) is 0 Å². The Kier molecular flexibility index (Phi) is 4.43. The quantitative estimate of drug-likeness (QED) is 0.338. The third kappa shape index (κ3) is 3.04. The van der Waals surface area contributed by atoms with Gasteiger partial charge in [0.1, 0.15) is 0 Å². The van der Waals surface area contributed by atoms with Crippen LogP contribution in [0.2, 0.25) is 0 Å². The molecule has 4 aromatic carbocycles. The smallest absolute Gasteiger partial charge is 0.322 e. The number of nitrogens with zero attached hydrogens (tertiary/aromatic N) is 1. The second kappa shape index (κ2) is 7.57. The summed E-state index contributed by atoms with van der Waals surface area (Å²) in [6.45, 7) is 0.658. The van der Waals surface area contributed by atoms with Gasteiger partial charge in [0.25, 0.3) is 0 Å². The lowest BCUT2D eigenvalue weighted by Crippen LogP contribution is -2.43. The molecule has 4 nitrogen and oxygen atoms in total. The molecule has 1 aliphatic heterocycles. The fourth-order valence-electron chi connectivity index (χ4n) is 4.96. The van der Waals surface area contributed by atoms with Gasteiger partial charge in [-0.05, 0) is 35.1 Å². The predicted molar refractivity (Wildman–Crippen MR) is 130 cm³/mol. The Morgan fingerprint density at radius 1 is 0.812 bits per heavy atom. The molecule has 0 aliphatic carbocycles. The summed E-state index contributed by atoms with van der Waals surface area (Å²) in [5.41, 5.74) is 5.48. The van der Waals surface area contributed by atoms with Crippen LogP contribution >= 0.6 is 0 Å². The van der Waals surface area contributed by atoms with Gasteiger partial charge in [-0.15, -0.1) is 0 Å². The number of hydrogen-bond acceptors (Lipinski definition) is 1. The first-order valence-electron chi connectivity index (χ1n) is 11.0. The highest BCUT2D eigenvalue weighted by atomic mass is 16.2. The third-order valence-corrected chi connectivity index (χ3v) is 6.44. The van der Waals surface area contributed by atoms with Gasteiger partial charge in [0.05, 0.1) is 11.7 Å². The molecule has 1 aliphatic rings. The number of anilines is 1. The molecule has 1 aromatic heterocycles. The van der Waals surface area contributed by atoms with Gasteiger partial charge in [-0.2, -0.15) is 0 Å². The molecule has 1 unspecified atom stereocenters. The second-order valence-corrected chi connectivity index (χ2v) is 8.28. The van der Waals surface area contributed by atoms with Crippen LogP contribution in [0.4, 0.5) is 10.5 Å². The molecule has 0 spiro atoms. The Balaban J connectivity index is 1.43. The van der Waals surface area contributed by atoms with Crippen molar-refractivity contribution in [2.24, 2.45) is 0 Å². The third-order valence-electron chi connectivity index (χ3n) is 6.44. The molecule has 0 bridgehead atoms. The van der Waals surface area contributed by atoms with Crippen LogP contribution in [0.1, 0.15) is 22.9 Å². The monoisotopic (exact) mass is 417 g/mol. The summed E-state index contributed by atoms with van der Waals surface area (Å²) in [5, 5.41) is 6.60. The van der Waals surface area contributed by atoms with Gasteiger partial charge in [-0.3, -0.25) is 0 Å². The van der Waals surface area contributed by atoms with E-state index < -0.39 is 0 Å². The Labute approximate surface area is 186 Å². The number of nitrogens with one attached hydrogen (secondary N) is 2. The van der Waals surface area contributed by atoms with Crippen LogP contribution in [-0.4, -0.2) is 22.5 Å². The molecule has 2 N–H and O–H groups in total. The van der Waals surface area contributed by atoms with E-state index in [-0.39, 0.29) is 12.1 Å². The van der Waals surface area contributed by atoms with E-state index in [9.17, 15) is 4.79 Å². The van der Waals surface area contributed by atoms with Gasteiger partial charge in [-0.1, -0.05) is 84.9 Å². The van der Waals surface area contributed by atoms with E-state index in [1.807, 2.05) is 59.5 Å². The summed E-state index contributed by atoms with van der Waals surface area (Å²) in [7, 11) is 0. The maximum absolute atomic E-state index is 13.6. The first kappa shape index (κ1) is 18.7. The van der Waals surface area contributed by atoms with E-state index in [1.54, 1.807) is 0 Å². The van der Waals surface area contributed by atoms with Crippen molar-refractivity contribution in [3.05, 3.63) is 114 Å². The summed E-state index contributed by atoms with van der Waals surface area (Å²) in [4.78, 5) is 19.2. The lowest BCUT2D eigenvalue weighted by molar-refractivity contribution is 0.193. The Morgan fingerprint density at radius 3 is 2.41 bits per heavy atom. The molecular formula is C28H23N3O. The molecule has 2 amide bonds. The van der Waals surface area contributed by atoms with Crippen LogP contribution in [0, 0.1) is 0 Å². The Bertz CT molecular complexity index is 1430. The molecule has 0 radical (unpaired) electrons. The van der Waals surface area contributed by atoms with Crippen molar-refractivity contribution in [1.82, 2.24) is 9.88 Å². The number of benzene rings is 4. The number of rotatable bonds is 2. The number of aromatic amines is 1. The number of carbonyl (C=O) groups excluding carboxylic acids is 1. The van der Waals surface area contributed by atoms with Crippen LogP contribution in [-0.2, 0) is 6.42 Å². The highest BCUT2D eigenvalue weighted by Crippen LogP contribution is 2.38. The highest BCUT2D eigenvalue weighted by molar-refractivity contribution is 6.02.